The zero-order valence-electron chi connectivity index (χ0n) is 12.5. The quantitative estimate of drug-likeness (QED) is 0.347. The second-order valence-corrected chi connectivity index (χ2v) is 7.82. The average molecular weight is 430 g/mol. The molecule has 21 heavy (non-hydrogen) atoms. The van der Waals surface area contributed by atoms with Gasteiger partial charge >= 0.3 is 0 Å². The Hall–Kier alpha value is -0.0900. The Bertz CT molecular complexity index is 449. The van der Waals surface area contributed by atoms with Crippen LogP contribution in [0.1, 0.15) is 44.9 Å². The molecule has 2 aliphatic rings. The summed E-state index contributed by atoms with van der Waals surface area (Å²) in [6, 6.07) is 0.473. The SMILES string of the molecule is CS(=O)(=O)NC1CCCC1CN=C(N)NC1CCCC1.I. The maximum Gasteiger partial charge on any atom is 0.208 e. The Morgan fingerprint density at radius 3 is 2.48 bits per heavy atom. The zero-order valence-corrected chi connectivity index (χ0v) is 15.7. The van der Waals surface area contributed by atoms with E-state index < -0.39 is 10.0 Å². The summed E-state index contributed by atoms with van der Waals surface area (Å²) in [6.07, 6.45) is 9.00. The Labute approximate surface area is 144 Å². The lowest BCUT2D eigenvalue weighted by Gasteiger charge is -2.19. The minimum Gasteiger partial charge on any atom is -0.370 e. The van der Waals surface area contributed by atoms with Crippen LogP contribution in [0.3, 0.4) is 0 Å². The number of hydrogen-bond donors (Lipinski definition) is 3. The van der Waals surface area contributed by atoms with Crippen LogP contribution in [0.15, 0.2) is 4.99 Å². The van der Waals surface area contributed by atoms with Crippen molar-refractivity contribution in [3.63, 3.8) is 0 Å². The van der Waals surface area contributed by atoms with E-state index in [0.717, 1.165) is 32.1 Å². The number of sulfonamides is 1. The van der Waals surface area contributed by atoms with E-state index in [1.165, 1.54) is 19.1 Å². The van der Waals surface area contributed by atoms with Gasteiger partial charge < -0.3 is 11.1 Å². The lowest BCUT2D eigenvalue weighted by atomic mass is 10.1. The van der Waals surface area contributed by atoms with Gasteiger partial charge in [0.05, 0.1) is 6.26 Å². The van der Waals surface area contributed by atoms with E-state index >= 15 is 0 Å². The van der Waals surface area contributed by atoms with E-state index in [9.17, 15) is 8.42 Å². The molecule has 6 nitrogen and oxygen atoms in total. The topological polar surface area (TPSA) is 96.6 Å². The van der Waals surface area contributed by atoms with Crippen molar-refractivity contribution in [1.29, 1.82) is 0 Å². The van der Waals surface area contributed by atoms with Crippen LogP contribution in [0.2, 0.25) is 0 Å². The van der Waals surface area contributed by atoms with Crippen LogP contribution in [0.5, 0.6) is 0 Å². The molecule has 0 heterocycles. The van der Waals surface area contributed by atoms with Crippen molar-refractivity contribution in [2.24, 2.45) is 16.6 Å². The zero-order chi connectivity index (χ0) is 14.6. The van der Waals surface area contributed by atoms with Crippen LogP contribution in [-0.2, 0) is 10.0 Å². The predicted octanol–water partition coefficient (Wildman–Crippen LogP) is 1.17. The summed E-state index contributed by atoms with van der Waals surface area (Å²) in [5.41, 5.74) is 5.90. The number of aliphatic imine (C=N–C) groups is 1. The molecule has 0 aliphatic heterocycles. The second kappa shape index (κ2) is 8.52. The first-order valence-corrected chi connectivity index (χ1v) is 9.37. The van der Waals surface area contributed by atoms with Crippen molar-refractivity contribution in [1.82, 2.24) is 10.0 Å². The summed E-state index contributed by atoms with van der Waals surface area (Å²) in [6.45, 7) is 0.596. The summed E-state index contributed by atoms with van der Waals surface area (Å²) in [5.74, 6) is 0.760. The molecule has 0 aromatic heterocycles. The van der Waals surface area contributed by atoms with Crippen LogP contribution >= 0.6 is 24.0 Å². The first kappa shape index (κ1) is 19.0. The summed E-state index contributed by atoms with van der Waals surface area (Å²) in [7, 11) is -3.14. The predicted molar refractivity (Wildman–Crippen MR) is 96.4 cm³/mol. The van der Waals surface area contributed by atoms with Gasteiger partial charge in [0, 0.05) is 18.6 Å². The number of nitrogens with zero attached hydrogens (tertiary/aromatic N) is 1. The van der Waals surface area contributed by atoms with Crippen molar-refractivity contribution in [2.45, 2.75) is 57.0 Å². The third-order valence-corrected chi connectivity index (χ3v) is 4.96. The standard InChI is InChI=1S/C13H26N4O2S.HI/c1-20(18,19)17-12-8-4-5-10(12)9-15-13(14)16-11-6-2-3-7-11;/h10-12,17H,2-9H2,1H3,(H3,14,15,16);1H. The summed E-state index contributed by atoms with van der Waals surface area (Å²) >= 11 is 0. The van der Waals surface area contributed by atoms with E-state index in [2.05, 4.69) is 15.0 Å². The number of hydrogen-bond acceptors (Lipinski definition) is 3. The molecule has 0 radical (unpaired) electrons. The van der Waals surface area contributed by atoms with E-state index in [1.807, 2.05) is 0 Å². The van der Waals surface area contributed by atoms with Crippen LogP contribution in [0.4, 0.5) is 0 Å². The molecule has 4 N–H and O–H groups in total. The highest BCUT2D eigenvalue weighted by atomic mass is 127. The average Bonchev–Trinajstić information content (AvgIpc) is 2.96. The van der Waals surface area contributed by atoms with Gasteiger partial charge in [0.25, 0.3) is 0 Å². The normalized spacial score (nSPS) is 27.6. The van der Waals surface area contributed by atoms with Crippen LogP contribution in [0, 0.1) is 5.92 Å². The Balaban J connectivity index is 0.00000220. The van der Waals surface area contributed by atoms with Crippen molar-refractivity contribution in [3.05, 3.63) is 0 Å². The van der Waals surface area contributed by atoms with Crippen LogP contribution in [-0.4, -0.2) is 39.3 Å². The minimum absolute atomic E-state index is 0. The number of nitrogens with two attached hydrogens (primary N) is 1. The Morgan fingerprint density at radius 1 is 1.19 bits per heavy atom. The fourth-order valence-corrected chi connectivity index (χ4v) is 4.09. The van der Waals surface area contributed by atoms with E-state index in [4.69, 9.17) is 5.73 Å². The van der Waals surface area contributed by atoms with Crippen LogP contribution < -0.4 is 15.8 Å². The smallest absolute Gasteiger partial charge is 0.208 e. The third-order valence-electron chi connectivity index (χ3n) is 4.23. The molecular weight excluding hydrogens is 403 g/mol. The van der Waals surface area contributed by atoms with E-state index in [0.29, 0.717) is 18.5 Å². The molecular formula is C13H27IN4O2S. The molecule has 0 bridgehead atoms. The maximum absolute atomic E-state index is 11.3. The number of halogens is 1. The van der Waals surface area contributed by atoms with Crippen molar-refractivity contribution in [2.75, 3.05) is 12.8 Å². The van der Waals surface area contributed by atoms with Crippen molar-refractivity contribution >= 4 is 40.0 Å². The number of nitrogens with one attached hydrogen (secondary N) is 2. The molecule has 2 saturated carbocycles. The summed E-state index contributed by atoms with van der Waals surface area (Å²) < 4.78 is 25.3. The fourth-order valence-electron chi connectivity index (χ4n) is 3.23. The van der Waals surface area contributed by atoms with Gasteiger partial charge in [-0.25, -0.2) is 13.1 Å². The fraction of sp³-hybridized carbons (Fsp3) is 0.923. The highest BCUT2D eigenvalue weighted by Crippen LogP contribution is 2.26. The van der Waals surface area contributed by atoms with Gasteiger partial charge in [-0.2, -0.15) is 0 Å². The number of rotatable bonds is 5. The molecule has 0 aromatic carbocycles. The van der Waals surface area contributed by atoms with Gasteiger partial charge in [0.1, 0.15) is 0 Å². The third kappa shape index (κ3) is 6.68. The molecule has 2 unspecified atom stereocenters. The van der Waals surface area contributed by atoms with Gasteiger partial charge in [-0.05, 0) is 31.6 Å². The first-order valence-electron chi connectivity index (χ1n) is 7.48. The maximum atomic E-state index is 11.3. The molecule has 2 atom stereocenters. The monoisotopic (exact) mass is 430 g/mol. The molecule has 8 heteroatoms. The molecule has 2 fully saturated rings. The van der Waals surface area contributed by atoms with Gasteiger partial charge in [-0.3, -0.25) is 4.99 Å². The van der Waals surface area contributed by atoms with E-state index in [-0.39, 0.29) is 35.9 Å². The summed E-state index contributed by atoms with van der Waals surface area (Å²) in [4.78, 5) is 4.40. The van der Waals surface area contributed by atoms with Crippen molar-refractivity contribution in [3.8, 4) is 0 Å². The molecule has 0 amide bonds. The molecule has 0 aromatic rings. The summed E-state index contributed by atoms with van der Waals surface area (Å²) in [5, 5.41) is 3.25. The van der Waals surface area contributed by atoms with Gasteiger partial charge in [0.2, 0.25) is 10.0 Å². The number of guanidine groups is 1. The van der Waals surface area contributed by atoms with E-state index in [1.54, 1.807) is 0 Å². The molecule has 0 spiro atoms. The van der Waals surface area contributed by atoms with Crippen molar-refractivity contribution < 1.29 is 8.42 Å². The first-order chi connectivity index (χ1) is 9.44. The minimum atomic E-state index is -3.14. The highest BCUT2D eigenvalue weighted by Gasteiger charge is 2.29. The largest absolute Gasteiger partial charge is 0.370 e. The molecule has 2 aliphatic carbocycles. The molecule has 0 saturated heterocycles. The lowest BCUT2D eigenvalue weighted by Crippen LogP contribution is -2.40. The highest BCUT2D eigenvalue weighted by molar-refractivity contribution is 14.0. The Kier molecular flexibility index (Phi) is 7.69. The molecule has 124 valence electrons. The van der Waals surface area contributed by atoms with Gasteiger partial charge in [-0.1, -0.05) is 19.3 Å². The Morgan fingerprint density at radius 2 is 1.86 bits per heavy atom. The van der Waals surface area contributed by atoms with Crippen LogP contribution in [0.25, 0.3) is 0 Å². The van der Waals surface area contributed by atoms with Gasteiger partial charge in [0.15, 0.2) is 5.96 Å². The lowest BCUT2D eigenvalue weighted by molar-refractivity contribution is 0.454. The van der Waals surface area contributed by atoms with Gasteiger partial charge in [-0.15, -0.1) is 24.0 Å². The molecule has 2 rings (SSSR count). The second-order valence-electron chi connectivity index (χ2n) is 6.04.